The van der Waals surface area contributed by atoms with E-state index in [2.05, 4.69) is 10.5 Å². The first-order valence-corrected chi connectivity index (χ1v) is 10.3. The number of para-hydroxylation sites is 1. The summed E-state index contributed by atoms with van der Waals surface area (Å²) in [5.41, 5.74) is 4.34. The number of carboxylic acids is 1. The zero-order valence-corrected chi connectivity index (χ0v) is 18.1. The monoisotopic (exact) mass is 448 g/mol. The quantitative estimate of drug-likeness (QED) is 0.340. The maximum Gasteiger partial charge on any atom is 0.341 e. The summed E-state index contributed by atoms with van der Waals surface area (Å²) in [6.07, 6.45) is 1.40. The van der Waals surface area contributed by atoms with Crippen LogP contribution >= 0.6 is 0 Å². The number of ether oxygens (including phenoxy) is 3. The molecule has 8 heteroatoms. The fourth-order valence-electron chi connectivity index (χ4n) is 2.80. The minimum Gasteiger partial charge on any atom is -0.494 e. The molecular weight excluding hydrogens is 424 g/mol. The predicted molar refractivity (Wildman–Crippen MR) is 123 cm³/mol. The molecule has 0 aliphatic rings. The van der Waals surface area contributed by atoms with Crippen molar-refractivity contribution in [3.8, 4) is 17.2 Å². The Morgan fingerprint density at radius 3 is 2.24 bits per heavy atom. The van der Waals surface area contributed by atoms with Crippen LogP contribution in [0.5, 0.6) is 17.2 Å². The fourth-order valence-corrected chi connectivity index (χ4v) is 2.80. The molecule has 0 saturated carbocycles. The smallest absolute Gasteiger partial charge is 0.341 e. The van der Waals surface area contributed by atoms with Crippen LogP contribution in [-0.4, -0.2) is 36.4 Å². The molecule has 33 heavy (non-hydrogen) atoms. The number of hydrogen-bond acceptors (Lipinski definition) is 6. The molecule has 0 spiro atoms. The number of benzene rings is 3. The highest BCUT2D eigenvalue weighted by Crippen LogP contribution is 2.19. The summed E-state index contributed by atoms with van der Waals surface area (Å²) in [4.78, 5) is 23.0. The molecule has 170 valence electrons. The van der Waals surface area contributed by atoms with Gasteiger partial charge in [-0.15, -0.1) is 0 Å². The molecule has 2 N–H and O–H groups in total. The Morgan fingerprint density at radius 1 is 0.909 bits per heavy atom. The predicted octanol–water partition coefficient (Wildman–Crippen LogP) is 3.89. The van der Waals surface area contributed by atoms with E-state index in [4.69, 9.17) is 19.3 Å². The second-order valence-electron chi connectivity index (χ2n) is 6.81. The Bertz CT molecular complexity index is 1090. The number of carboxylic acid groups (broad SMARTS) is 1. The molecule has 3 rings (SSSR count). The van der Waals surface area contributed by atoms with Gasteiger partial charge in [-0.25, -0.2) is 10.2 Å². The Labute approximate surface area is 191 Å². The number of nitrogens with one attached hydrogen (secondary N) is 1. The van der Waals surface area contributed by atoms with Crippen molar-refractivity contribution in [2.75, 3.05) is 13.2 Å². The number of aliphatic carboxylic acids is 1. The van der Waals surface area contributed by atoms with E-state index >= 15 is 0 Å². The first-order chi connectivity index (χ1) is 16.0. The molecule has 8 nitrogen and oxygen atoms in total. The van der Waals surface area contributed by atoms with E-state index in [0.29, 0.717) is 30.1 Å². The molecule has 0 unspecified atom stereocenters. The third kappa shape index (κ3) is 7.39. The van der Waals surface area contributed by atoms with E-state index in [0.717, 1.165) is 17.1 Å². The third-order valence-electron chi connectivity index (χ3n) is 4.40. The summed E-state index contributed by atoms with van der Waals surface area (Å²) < 4.78 is 16.4. The van der Waals surface area contributed by atoms with Crippen LogP contribution < -0.4 is 19.6 Å². The lowest BCUT2D eigenvalue weighted by atomic mass is 10.1. The van der Waals surface area contributed by atoms with Crippen LogP contribution in [0.4, 0.5) is 0 Å². The normalized spacial score (nSPS) is 10.6. The van der Waals surface area contributed by atoms with Gasteiger partial charge in [-0.3, -0.25) is 4.79 Å². The Morgan fingerprint density at radius 2 is 1.58 bits per heavy atom. The second kappa shape index (κ2) is 11.9. The second-order valence-corrected chi connectivity index (χ2v) is 6.81. The number of hydrogen-bond donors (Lipinski definition) is 2. The van der Waals surface area contributed by atoms with Crippen LogP contribution in [0, 0.1) is 0 Å². The summed E-state index contributed by atoms with van der Waals surface area (Å²) in [6, 6.07) is 21.2. The van der Waals surface area contributed by atoms with Crippen LogP contribution in [0.25, 0.3) is 0 Å². The molecule has 0 aliphatic heterocycles. The molecule has 0 saturated heterocycles. The molecule has 0 bridgehead atoms. The zero-order valence-electron chi connectivity index (χ0n) is 18.1. The fraction of sp³-hybridized carbons (Fsp3) is 0.160. The lowest BCUT2D eigenvalue weighted by Gasteiger charge is -2.08. The summed E-state index contributed by atoms with van der Waals surface area (Å²) in [6.45, 7) is 2.44. The summed E-state index contributed by atoms with van der Waals surface area (Å²) >= 11 is 0. The molecule has 0 atom stereocenters. The number of carbonyl (C=O) groups is 2. The first kappa shape index (κ1) is 23.3. The Kier molecular flexibility index (Phi) is 8.41. The van der Waals surface area contributed by atoms with Gasteiger partial charge in [0.1, 0.15) is 23.9 Å². The molecule has 3 aromatic carbocycles. The van der Waals surface area contributed by atoms with Gasteiger partial charge in [-0.05, 0) is 61.0 Å². The van der Waals surface area contributed by atoms with Crippen molar-refractivity contribution >= 4 is 18.1 Å². The maximum absolute atomic E-state index is 12.3. The summed E-state index contributed by atoms with van der Waals surface area (Å²) in [5.74, 6) is 0.411. The van der Waals surface area contributed by atoms with Crippen LogP contribution in [0.3, 0.4) is 0 Å². The van der Waals surface area contributed by atoms with Crippen LogP contribution in [0.1, 0.15) is 28.4 Å². The highest BCUT2D eigenvalue weighted by molar-refractivity contribution is 5.95. The van der Waals surface area contributed by atoms with E-state index in [1.165, 1.54) is 6.21 Å². The topological polar surface area (TPSA) is 106 Å². The maximum atomic E-state index is 12.3. The number of nitrogens with zero attached hydrogens (tertiary/aromatic N) is 1. The Hall–Kier alpha value is -4.33. The molecule has 0 aromatic heterocycles. The zero-order chi connectivity index (χ0) is 23.5. The van der Waals surface area contributed by atoms with E-state index in [1.54, 1.807) is 36.4 Å². The molecule has 0 aliphatic carbocycles. The summed E-state index contributed by atoms with van der Waals surface area (Å²) in [5, 5.41) is 12.7. The van der Waals surface area contributed by atoms with Crippen LogP contribution in [0.15, 0.2) is 77.9 Å². The van der Waals surface area contributed by atoms with Crippen molar-refractivity contribution in [3.05, 3.63) is 89.5 Å². The van der Waals surface area contributed by atoms with E-state index in [1.807, 2.05) is 43.3 Å². The van der Waals surface area contributed by atoms with E-state index in [-0.39, 0.29) is 5.91 Å². The largest absolute Gasteiger partial charge is 0.494 e. The minimum absolute atomic E-state index is 0.356. The molecule has 3 aromatic rings. The van der Waals surface area contributed by atoms with Crippen molar-refractivity contribution in [2.45, 2.75) is 13.5 Å². The first-order valence-electron chi connectivity index (χ1n) is 10.3. The minimum atomic E-state index is -1.08. The standard InChI is InChI=1S/C25H24N2O6/c1-2-31-21-11-13-22(14-12-21)32-16-18-7-9-19(10-8-18)25(30)27-26-15-20-5-3-4-6-23(20)33-17-24(28)29/h3-15H,2,16-17H2,1H3,(H,27,30)(H,28,29). The lowest BCUT2D eigenvalue weighted by molar-refractivity contribution is -0.139. The average molecular weight is 448 g/mol. The number of carbonyl (C=O) groups excluding carboxylic acids is 1. The van der Waals surface area contributed by atoms with E-state index in [9.17, 15) is 9.59 Å². The molecule has 0 heterocycles. The van der Waals surface area contributed by atoms with Crippen molar-refractivity contribution in [3.63, 3.8) is 0 Å². The number of hydrazone groups is 1. The van der Waals surface area contributed by atoms with Crippen molar-refractivity contribution in [1.82, 2.24) is 5.43 Å². The van der Waals surface area contributed by atoms with Gasteiger partial charge in [0.05, 0.1) is 12.8 Å². The van der Waals surface area contributed by atoms with Gasteiger partial charge < -0.3 is 19.3 Å². The number of amides is 1. The molecule has 1 amide bonds. The van der Waals surface area contributed by atoms with Crippen LogP contribution in [-0.2, 0) is 11.4 Å². The summed E-state index contributed by atoms with van der Waals surface area (Å²) in [7, 11) is 0. The highest BCUT2D eigenvalue weighted by Gasteiger charge is 2.06. The van der Waals surface area contributed by atoms with Crippen LogP contribution in [0.2, 0.25) is 0 Å². The Balaban J connectivity index is 1.51. The van der Waals surface area contributed by atoms with Crippen molar-refractivity contribution in [2.24, 2.45) is 5.10 Å². The van der Waals surface area contributed by atoms with Gasteiger partial charge in [-0.2, -0.15) is 5.10 Å². The highest BCUT2D eigenvalue weighted by atomic mass is 16.5. The lowest BCUT2D eigenvalue weighted by Crippen LogP contribution is -2.17. The van der Waals surface area contributed by atoms with Crippen molar-refractivity contribution < 1.29 is 28.9 Å². The van der Waals surface area contributed by atoms with Gasteiger partial charge in [0.25, 0.3) is 5.91 Å². The van der Waals surface area contributed by atoms with Crippen molar-refractivity contribution in [1.29, 1.82) is 0 Å². The van der Waals surface area contributed by atoms with Gasteiger partial charge in [0, 0.05) is 11.1 Å². The van der Waals surface area contributed by atoms with E-state index < -0.39 is 12.6 Å². The number of rotatable bonds is 11. The molecular formula is C25H24N2O6. The van der Waals surface area contributed by atoms with Gasteiger partial charge in [-0.1, -0.05) is 24.3 Å². The third-order valence-corrected chi connectivity index (χ3v) is 4.40. The van der Waals surface area contributed by atoms with Gasteiger partial charge in [0.15, 0.2) is 6.61 Å². The SMILES string of the molecule is CCOc1ccc(OCc2ccc(C(=O)NN=Cc3ccccc3OCC(=O)O)cc2)cc1. The van der Waals surface area contributed by atoms with Gasteiger partial charge >= 0.3 is 5.97 Å². The molecule has 0 radical (unpaired) electrons. The average Bonchev–Trinajstić information content (AvgIpc) is 2.83. The van der Waals surface area contributed by atoms with Gasteiger partial charge in [0.2, 0.25) is 0 Å². The molecule has 0 fully saturated rings.